The van der Waals surface area contributed by atoms with Crippen molar-refractivity contribution in [2.45, 2.75) is 19.9 Å². The second-order valence-corrected chi connectivity index (χ2v) is 8.74. The molecule has 4 aromatic rings. The van der Waals surface area contributed by atoms with Crippen LogP contribution < -0.4 is 10.5 Å². The molecule has 10 nitrogen and oxygen atoms in total. The van der Waals surface area contributed by atoms with Gasteiger partial charge in [0.15, 0.2) is 5.58 Å². The molecule has 0 aliphatic carbocycles. The van der Waals surface area contributed by atoms with Crippen LogP contribution in [-0.2, 0) is 16.1 Å². The van der Waals surface area contributed by atoms with E-state index in [2.05, 4.69) is 15.2 Å². The number of carbonyl (C=O) groups excluding carboxylic acids is 1. The molecule has 1 fully saturated rings. The number of hydrogen-bond donors (Lipinski definition) is 1. The number of nitrogens with zero attached hydrogens (tertiary/aromatic N) is 5. The van der Waals surface area contributed by atoms with Gasteiger partial charge in [0.2, 0.25) is 5.91 Å². The second kappa shape index (κ2) is 9.47. The van der Waals surface area contributed by atoms with Crippen LogP contribution in [0, 0.1) is 6.92 Å². The molecule has 178 valence electrons. The Kier molecular flexibility index (Phi) is 6.25. The number of aromatic nitrogens is 4. The van der Waals surface area contributed by atoms with Gasteiger partial charge in [-0.3, -0.25) is 9.59 Å². The Bertz CT molecular complexity index is 1390. The number of nitrogens with one attached hydrogen (secondary N) is 1. The van der Waals surface area contributed by atoms with E-state index in [0.29, 0.717) is 74.4 Å². The molecular formula is C23H25ClN6O4. The number of oxazole rings is 1. The first-order valence-electron chi connectivity index (χ1n) is 11.2. The zero-order valence-electron chi connectivity index (χ0n) is 18.8. The van der Waals surface area contributed by atoms with Crippen LogP contribution in [-0.4, -0.2) is 69.9 Å². The summed E-state index contributed by atoms with van der Waals surface area (Å²) in [6.07, 6.45) is 3.89. The average molecular weight is 485 g/mol. The minimum atomic E-state index is -0.194. The normalized spacial score (nSPS) is 14.4. The number of halogens is 1. The van der Waals surface area contributed by atoms with Gasteiger partial charge in [-0.1, -0.05) is 11.6 Å². The van der Waals surface area contributed by atoms with Crippen LogP contribution in [0.2, 0.25) is 5.02 Å². The van der Waals surface area contributed by atoms with Crippen molar-refractivity contribution in [2.24, 2.45) is 0 Å². The number of fused-ring (bicyclic) bond motifs is 2. The van der Waals surface area contributed by atoms with Crippen molar-refractivity contribution in [3.8, 4) is 0 Å². The summed E-state index contributed by atoms with van der Waals surface area (Å²) < 4.78 is 13.5. The van der Waals surface area contributed by atoms with Crippen LogP contribution in [0.5, 0.6) is 0 Å². The molecule has 0 saturated carbocycles. The van der Waals surface area contributed by atoms with E-state index in [-0.39, 0.29) is 11.5 Å². The van der Waals surface area contributed by atoms with Crippen LogP contribution >= 0.6 is 11.6 Å². The lowest BCUT2D eigenvalue weighted by atomic mass is 10.2. The predicted molar refractivity (Wildman–Crippen MR) is 128 cm³/mol. The topological polar surface area (TPSA) is 109 Å². The van der Waals surface area contributed by atoms with E-state index in [1.54, 1.807) is 18.3 Å². The lowest BCUT2D eigenvalue weighted by Crippen LogP contribution is -2.49. The Balaban J connectivity index is 1.06. The Morgan fingerprint density at radius 2 is 2.06 bits per heavy atom. The van der Waals surface area contributed by atoms with E-state index in [1.807, 2.05) is 33.6 Å². The molecule has 34 heavy (non-hydrogen) atoms. The molecule has 1 saturated heterocycles. The van der Waals surface area contributed by atoms with E-state index in [1.165, 1.54) is 0 Å². The quantitative estimate of drug-likeness (QED) is 0.401. The van der Waals surface area contributed by atoms with Crippen LogP contribution in [0.1, 0.15) is 12.0 Å². The fourth-order valence-corrected chi connectivity index (χ4v) is 4.46. The largest absolute Gasteiger partial charge is 0.423 e. The molecule has 1 aliphatic rings. The third-order valence-corrected chi connectivity index (χ3v) is 6.30. The SMILES string of the molecule is Cc1cn(CCOCCC(=O)N2CCN(c3nc4cc(Cl)ccc4o3)CC2)c2cn[nH]c(=O)c12. The Hall–Kier alpha value is -3.37. The number of ether oxygens (including phenoxy) is 1. The van der Waals surface area contributed by atoms with Gasteiger partial charge < -0.3 is 23.5 Å². The molecule has 0 bridgehead atoms. The second-order valence-electron chi connectivity index (χ2n) is 8.30. The Morgan fingerprint density at radius 1 is 1.24 bits per heavy atom. The fourth-order valence-electron chi connectivity index (χ4n) is 4.29. The number of piperazine rings is 1. The third kappa shape index (κ3) is 4.51. The highest BCUT2D eigenvalue weighted by Crippen LogP contribution is 2.25. The number of hydrogen-bond acceptors (Lipinski definition) is 7. The van der Waals surface area contributed by atoms with Gasteiger partial charge in [0.05, 0.1) is 36.7 Å². The van der Waals surface area contributed by atoms with Crippen molar-refractivity contribution in [1.82, 2.24) is 24.6 Å². The van der Waals surface area contributed by atoms with Crippen molar-refractivity contribution in [1.29, 1.82) is 0 Å². The van der Waals surface area contributed by atoms with Gasteiger partial charge in [0.1, 0.15) is 5.52 Å². The highest BCUT2D eigenvalue weighted by atomic mass is 35.5. The highest BCUT2D eigenvalue weighted by molar-refractivity contribution is 6.31. The number of aromatic amines is 1. The van der Waals surface area contributed by atoms with E-state index >= 15 is 0 Å². The first-order chi connectivity index (χ1) is 16.5. The number of benzene rings is 1. The summed E-state index contributed by atoms with van der Waals surface area (Å²) in [5, 5.41) is 7.60. The number of H-pyrrole nitrogens is 1. The minimum absolute atomic E-state index is 0.0713. The molecule has 0 unspecified atom stereocenters. The third-order valence-electron chi connectivity index (χ3n) is 6.07. The van der Waals surface area contributed by atoms with E-state index in [4.69, 9.17) is 20.8 Å². The molecule has 4 heterocycles. The van der Waals surface area contributed by atoms with Crippen molar-refractivity contribution >= 4 is 45.5 Å². The molecule has 0 atom stereocenters. The van der Waals surface area contributed by atoms with Crippen LogP contribution in [0.25, 0.3) is 22.0 Å². The zero-order valence-corrected chi connectivity index (χ0v) is 19.5. The summed E-state index contributed by atoms with van der Waals surface area (Å²) in [6.45, 7) is 5.79. The predicted octanol–water partition coefficient (Wildman–Crippen LogP) is 2.58. The van der Waals surface area contributed by atoms with Gasteiger partial charge >= 0.3 is 0 Å². The first-order valence-corrected chi connectivity index (χ1v) is 11.6. The van der Waals surface area contributed by atoms with Crippen LogP contribution in [0.15, 0.2) is 39.8 Å². The molecule has 0 spiro atoms. The first kappa shape index (κ1) is 22.4. The summed E-state index contributed by atoms with van der Waals surface area (Å²) in [6, 6.07) is 5.92. The number of anilines is 1. The van der Waals surface area contributed by atoms with E-state index in [0.717, 1.165) is 16.6 Å². The lowest BCUT2D eigenvalue weighted by Gasteiger charge is -2.33. The lowest BCUT2D eigenvalue weighted by molar-refractivity contribution is -0.132. The van der Waals surface area contributed by atoms with Gasteiger partial charge in [0, 0.05) is 43.9 Å². The fraction of sp³-hybridized carbons (Fsp3) is 0.391. The van der Waals surface area contributed by atoms with E-state index in [9.17, 15) is 9.59 Å². The maximum absolute atomic E-state index is 12.6. The zero-order chi connectivity index (χ0) is 23.7. The molecule has 1 amide bonds. The summed E-state index contributed by atoms with van der Waals surface area (Å²) >= 11 is 6.02. The van der Waals surface area contributed by atoms with Crippen molar-refractivity contribution < 1.29 is 13.9 Å². The van der Waals surface area contributed by atoms with Gasteiger partial charge in [-0.05, 0) is 30.7 Å². The molecule has 3 aromatic heterocycles. The number of carbonyl (C=O) groups is 1. The number of rotatable bonds is 7. The Morgan fingerprint density at radius 3 is 2.88 bits per heavy atom. The maximum atomic E-state index is 12.6. The Labute approximate surface area is 200 Å². The average Bonchev–Trinajstić information content (AvgIpc) is 3.40. The standard InChI is InChI=1S/C23H25ClN6O4/c1-15-14-30(18-13-25-27-22(32)21(15)18)9-11-33-10-4-20(31)28-5-7-29(8-6-28)23-26-17-12-16(24)2-3-19(17)34-23/h2-3,12-14H,4-11H2,1H3,(H,27,32). The van der Waals surface area contributed by atoms with Crippen molar-refractivity contribution in [3.63, 3.8) is 0 Å². The van der Waals surface area contributed by atoms with Crippen LogP contribution in [0.3, 0.4) is 0 Å². The molecular weight excluding hydrogens is 460 g/mol. The van der Waals surface area contributed by atoms with Gasteiger partial charge in [-0.25, -0.2) is 5.10 Å². The molecule has 0 radical (unpaired) electrons. The molecule has 1 aromatic carbocycles. The van der Waals surface area contributed by atoms with Gasteiger partial charge in [0.25, 0.3) is 11.6 Å². The molecule has 5 rings (SSSR count). The summed E-state index contributed by atoms with van der Waals surface area (Å²) in [5.74, 6) is 0.0713. The molecule has 1 N–H and O–H groups in total. The molecule has 11 heteroatoms. The summed E-state index contributed by atoms with van der Waals surface area (Å²) in [5.41, 5.74) is 2.90. The molecule has 1 aliphatic heterocycles. The summed E-state index contributed by atoms with van der Waals surface area (Å²) in [4.78, 5) is 32.9. The monoisotopic (exact) mass is 484 g/mol. The maximum Gasteiger partial charge on any atom is 0.298 e. The van der Waals surface area contributed by atoms with Gasteiger partial charge in [-0.15, -0.1) is 0 Å². The van der Waals surface area contributed by atoms with Crippen molar-refractivity contribution in [2.75, 3.05) is 44.3 Å². The summed E-state index contributed by atoms with van der Waals surface area (Å²) in [7, 11) is 0. The number of amides is 1. The smallest absolute Gasteiger partial charge is 0.298 e. The van der Waals surface area contributed by atoms with E-state index < -0.39 is 0 Å². The van der Waals surface area contributed by atoms with Crippen molar-refractivity contribution in [3.05, 3.63) is 51.5 Å². The van der Waals surface area contributed by atoms with Crippen LogP contribution in [0.4, 0.5) is 6.01 Å². The van der Waals surface area contributed by atoms with Gasteiger partial charge in [-0.2, -0.15) is 10.1 Å². The number of aryl methyl sites for hydroxylation is 1. The minimum Gasteiger partial charge on any atom is -0.423 e. The highest BCUT2D eigenvalue weighted by Gasteiger charge is 2.24.